The summed E-state index contributed by atoms with van der Waals surface area (Å²) in [5.74, 6) is -0.308. The smallest absolute Gasteiger partial charge is 0.252 e. The molecule has 5 aromatic rings. The largest absolute Gasteiger partial charge is 0.302 e. The molecule has 0 atom stereocenters. The summed E-state index contributed by atoms with van der Waals surface area (Å²) >= 11 is 0.921. The van der Waals surface area contributed by atoms with Crippen LogP contribution in [-0.2, 0) is 21.4 Å². The number of aryl methyl sites for hydroxylation is 1. The van der Waals surface area contributed by atoms with Crippen molar-refractivity contribution in [1.82, 2.24) is 19.7 Å². The van der Waals surface area contributed by atoms with Gasteiger partial charge in [0.05, 0.1) is 28.1 Å². The topological polar surface area (TPSA) is 114 Å². The van der Waals surface area contributed by atoms with Crippen molar-refractivity contribution in [3.63, 3.8) is 0 Å². The highest BCUT2D eigenvalue weighted by Crippen LogP contribution is 2.31. The monoisotopic (exact) mass is 529 g/mol. The van der Waals surface area contributed by atoms with E-state index in [2.05, 4.69) is 15.0 Å². The maximum absolute atomic E-state index is 12.9. The number of nitrogens with zero attached hydrogens (tertiary/aromatic N) is 3. The van der Waals surface area contributed by atoms with Gasteiger partial charge in [-0.3, -0.25) is 4.79 Å². The van der Waals surface area contributed by atoms with Crippen molar-refractivity contribution in [2.45, 2.75) is 24.6 Å². The number of thiazole rings is 1. The molecule has 0 aliphatic carbocycles. The summed E-state index contributed by atoms with van der Waals surface area (Å²) in [5.41, 5.74) is 6.11. The van der Waals surface area contributed by atoms with Gasteiger partial charge in [-0.1, -0.05) is 78.1 Å². The number of amides is 1. The van der Waals surface area contributed by atoms with E-state index in [4.69, 9.17) is 9.97 Å². The molecule has 10 heteroatoms. The zero-order chi connectivity index (χ0) is 26.0. The summed E-state index contributed by atoms with van der Waals surface area (Å²) < 4.78 is 28.4. The number of benzene rings is 3. The molecule has 0 spiro atoms. The van der Waals surface area contributed by atoms with Gasteiger partial charge in [0.25, 0.3) is 10.0 Å². The minimum absolute atomic E-state index is 0.0758. The molecule has 0 bridgehead atoms. The van der Waals surface area contributed by atoms with Crippen LogP contribution < -0.4 is 10.0 Å². The molecule has 8 nitrogen and oxygen atoms in total. The first-order valence-corrected chi connectivity index (χ1v) is 13.8. The molecular weight excluding hydrogens is 506 g/mol. The summed E-state index contributed by atoms with van der Waals surface area (Å²) in [5, 5.41) is 2.78. The highest BCUT2D eigenvalue weighted by Gasteiger charge is 2.22. The average molecular weight is 530 g/mol. The molecule has 2 N–H and O–H groups in total. The van der Waals surface area contributed by atoms with Crippen LogP contribution in [0.1, 0.15) is 18.2 Å². The minimum atomic E-state index is -3.80. The highest BCUT2D eigenvalue weighted by molar-refractivity contribution is 7.91. The van der Waals surface area contributed by atoms with Gasteiger partial charge in [-0.25, -0.2) is 28.1 Å². The van der Waals surface area contributed by atoms with Crippen molar-refractivity contribution in [3.8, 4) is 22.5 Å². The van der Waals surface area contributed by atoms with E-state index in [1.807, 2.05) is 78.9 Å². The van der Waals surface area contributed by atoms with Crippen molar-refractivity contribution in [3.05, 3.63) is 90.1 Å². The molecule has 0 saturated heterocycles. The summed E-state index contributed by atoms with van der Waals surface area (Å²) in [6.45, 7) is 3.05. The van der Waals surface area contributed by atoms with Crippen molar-refractivity contribution >= 4 is 43.4 Å². The first-order chi connectivity index (χ1) is 17.8. The lowest BCUT2D eigenvalue weighted by Crippen LogP contribution is -2.23. The van der Waals surface area contributed by atoms with Crippen LogP contribution >= 0.6 is 11.3 Å². The SMILES string of the molecule is CC(=O)Nc1nc(C)c(S(=O)(=O)NCc2ccc(-c3nc4ccccc4nc3-c3ccccc3)cc2)s1. The van der Waals surface area contributed by atoms with Gasteiger partial charge in [-0.2, -0.15) is 0 Å². The molecule has 0 radical (unpaired) electrons. The Morgan fingerprint density at radius 3 is 1.97 bits per heavy atom. The van der Waals surface area contributed by atoms with E-state index in [9.17, 15) is 13.2 Å². The second-order valence-corrected chi connectivity index (χ2v) is 11.3. The zero-order valence-corrected chi connectivity index (χ0v) is 21.7. The van der Waals surface area contributed by atoms with Crippen molar-refractivity contribution in [2.24, 2.45) is 0 Å². The number of hydrogen-bond donors (Lipinski definition) is 2. The van der Waals surface area contributed by atoms with Crippen LogP contribution in [0.25, 0.3) is 33.5 Å². The molecule has 2 heterocycles. The third-order valence-electron chi connectivity index (χ3n) is 5.59. The van der Waals surface area contributed by atoms with E-state index in [1.54, 1.807) is 6.92 Å². The normalized spacial score (nSPS) is 11.5. The number of para-hydroxylation sites is 2. The quantitative estimate of drug-likeness (QED) is 0.301. The van der Waals surface area contributed by atoms with Gasteiger partial charge in [-0.05, 0) is 24.6 Å². The minimum Gasteiger partial charge on any atom is -0.302 e. The Kier molecular flexibility index (Phi) is 6.79. The van der Waals surface area contributed by atoms with E-state index in [0.29, 0.717) is 5.69 Å². The van der Waals surface area contributed by atoms with Gasteiger partial charge in [0.1, 0.15) is 0 Å². The molecule has 0 aliphatic rings. The number of anilines is 1. The van der Waals surface area contributed by atoms with Gasteiger partial charge in [-0.15, -0.1) is 0 Å². The predicted octanol–water partition coefficient (Wildman–Crippen LogP) is 5.17. The van der Waals surface area contributed by atoms with Gasteiger partial charge < -0.3 is 5.32 Å². The van der Waals surface area contributed by atoms with Crippen LogP contribution in [0.3, 0.4) is 0 Å². The maximum Gasteiger partial charge on any atom is 0.252 e. The Morgan fingerprint density at radius 1 is 0.811 bits per heavy atom. The van der Waals surface area contributed by atoms with E-state index < -0.39 is 10.0 Å². The Balaban J connectivity index is 1.40. The standard InChI is InChI=1S/C27H23N5O3S2/c1-17-26(36-27(29-17)30-18(2)33)37(34,35)28-16-19-12-14-21(15-13-19)25-24(20-8-4-3-5-9-20)31-22-10-6-7-11-23(22)32-25/h3-15,28H,16H2,1-2H3,(H,29,30,33). The van der Waals surface area contributed by atoms with Gasteiger partial charge in [0.2, 0.25) is 5.91 Å². The molecule has 0 saturated carbocycles. The number of rotatable bonds is 7. The Hall–Kier alpha value is -3.99. The number of carbonyl (C=O) groups excluding carboxylic acids is 1. The first kappa shape index (κ1) is 24.7. The maximum atomic E-state index is 12.9. The van der Waals surface area contributed by atoms with Crippen LogP contribution in [0.4, 0.5) is 5.13 Å². The van der Waals surface area contributed by atoms with Crippen molar-refractivity contribution < 1.29 is 13.2 Å². The molecule has 0 aliphatic heterocycles. The van der Waals surface area contributed by atoms with Gasteiger partial charge >= 0.3 is 0 Å². The lowest BCUT2D eigenvalue weighted by atomic mass is 10.0. The molecular formula is C27H23N5O3S2. The molecule has 186 valence electrons. The predicted molar refractivity (Wildman–Crippen MR) is 146 cm³/mol. The highest BCUT2D eigenvalue weighted by atomic mass is 32.2. The third kappa shape index (κ3) is 5.41. The number of fused-ring (bicyclic) bond motifs is 1. The molecule has 3 aromatic carbocycles. The van der Waals surface area contributed by atoms with Crippen molar-refractivity contribution in [2.75, 3.05) is 5.32 Å². The fourth-order valence-corrected chi connectivity index (χ4v) is 6.38. The number of sulfonamides is 1. The van der Waals surface area contributed by atoms with Crippen LogP contribution in [0.2, 0.25) is 0 Å². The van der Waals surface area contributed by atoms with Gasteiger partial charge in [0.15, 0.2) is 9.34 Å². The van der Waals surface area contributed by atoms with Crippen LogP contribution in [-0.4, -0.2) is 29.3 Å². The summed E-state index contributed by atoms with van der Waals surface area (Å²) in [7, 11) is -3.80. The lowest BCUT2D eigenvalue weighted by Gasteiger charge is -2.11. The number of nitrogens with one attached hydrogen (secondary N) is 2. The van der Waals surface area contributed by atoms with Crippen LogP contribution in [0.5, 0.6) is 0 Å². The molecule has 5 rings (SSSR count). The van der Waals surface area contributed by atoms with Crippen LogP contribution in [0.15, 0.2) is 83.1 Å². The van der Waals surface area contributed by atoms with Gasteiger partial charge in [0, 0.05) is 24.6 Å². The average Bonchev–Trinajstić information content (AvgIpc) is 3.27. The molecule has 37 heavy (non-hydrogen) atoms. The molecule has 0 unspecified atom stereocenters. The first-order valence-electron chi connectivity index (χ1n) is 11.5. The number of hydrogen-bond acceptors (Lipinski definition) is 7. The summed E-state index contributed by atoms with van der Waals surface area (Å²) in [6.07, 6.45) is 0. The van der Waals surface area contributed by atoms with Crippen LogP contribution in [0, 0.1) is 6.92 Å². The van der Waals surface area contributed by atoms with E-state index in [0.717, 1.165) is 50.4 Å². The Bertz CT molecular complexity index is 1700. The fraction of sp³-hybridized carbons (Fsp3) is 0.111. The van der Waals surface area contributed by atoms with Crippen molar-refractivity contribution in [1.29, 1.82) is 0 Å². The Morgan fingerprint density at radius 2 is 1.38 bits per heavy atom. The third-order valence-corrected chi connectivity index (χ3v) is 8.68. The lowest BCUT2D eigenvalue weighted by molar-refractivity contribution is -0.114. The second-order valence-electron chi connectivity index (χ2n) is 8.37. The summed E-state index contributed by atoms with van der Waals surface area (Å²) in [4.78, 5) is 25.2. The molecule has 1 amide bonds. The molecule has 2 aromatic heterocycles. The Labute approximate surface area is 218 Å². The number of aromatic nitrogens is 3. The summed E-state index contributed by atoms with van der Waals surface area (Å²) in [6, 6.07) is 25.2. The fourth-order valence-electron chi connectivity index (χ4n) is 3.86. The van der Waals surface area contributed by atoms with E-state index >= 15 is 0 Å². The zero-order valence-electron chi connectivity index (χ0n) is 20.1. The number of carbonyl (C=O) groups is 1. The molecule has 0 fully saturated rings. The van der Waals surface area contributed by atoms with E-state index in [-0.39, 0.29) is 21.8 Å². The second kappa shape index (κ2) is 10.2. The van der Waals surface area contributed by atoms with E-state index in [1.165, 1.54) is 6.92 Å².